The third kappa shape index (κ3) is 3.08. The molecule has 1 aromatic rings. The quantitative estimate of drug-likeness (QED) is 0.846. The second-order valence-electron chi connectivity index (χ2n) is 5.04. The normalized spacial score (nSPS) is 17.9. The highest BCUT2D eigenvalue weighted by Crippen LogP contribution is 2.22. The van der Waals surface area contributed by atoms with Crippen molar-refractivity contribution in [2.45, 2.75) is 45.6 Å². The Bertz CT molecular complexity index is 324. The van der Waals surface area contributed by atoms with Crippen LogP contribution in [0.15, 0.2) is 6.07 Å². The van der Waals surface area contributed by atoms with E-state index in [1.165, 1.54) is 44.3 Å². The monoisotopic (exact) mass is 221 g/mol. The van der Waals surface area contributed by atoms with Crippen LogP contribution in [-0.2, 0) is 13.6 Å². The zero-order valence-electron chi connectivity index (χ0n) is 10.5. The molecule has 0 bridgehead atoms. The van der Waals surface area contributed by atoms with Crippen molar-refractivity contribution in [2.24, 2.45) is 13.0 Å². The third-order valence-electron chi connectivity index (χ3n) is 3.56. The van der Waals surface area contributed by atoms with E-state index in [0.29, 0.717) is 0 Å². The van der Waals surface area contributed by atoms with Crippen molar-refractivity contribution in [1.29, 1.82) is 0 Å². The minimum Gasteiger partial charge on any atom is -0.311 e. The maximum Gasteiger partial charge on any atom is 0.0597 e. The summed E-state index contributed by atoms with van der Waals surface area (Å²) in [5, 5.41) is 7.92. The fourth-order valence-electron chi connectivity index (χ4n) is 2.63. The molecule has 90 valence electrons. The number of nitrogens with zero attached hydrogens (tertiary/aromatic N) is 2. The molecule has 1 N–H and O–H groups in total. The van der Waals surface area contributed by atoms with Crippen molar-refractivity contribution in [2.75, 3.05) is 6.54 Å². The summed E-state index contributed by atoms with van der Waals surface area (Å²) in [6, 6.07) is 2.16. The average Bonchev–Trinajstić information content (AvgIpc) is 2.59. The van der Waals surface area contributed by atoms with E-state index in [4.69, 9.17) is 0 Å². The van der Waals surface area contributed by atoms with E-state index in [2.05, 4.69) is 16.5 Å². The van der Waals surface area contributed by atoms with E-state index in [1.54, 1.807) is 0 Å². The Hall–Kier alpha value is -0.830. The van der Waals surface area contributed by atoms with Crippen LogP contribution in [0.2, 0.25) is 0 Å². The lowest BCUT2D eigenvalue weighted by Crippen LogP contribution is -2.25. The first kappa shape index (κ1) is 11.6. The lowest BCUT2D eigenvalue weighted by Gasteiger charge is -2.21. The van der Waals surface area contributed by atoms with Gasteiger partial charge in [-0.3, -0.25) is 4.68 Å². The summed E-state index contributed by atoms with van der Waals surface area (Å²) in [6.07, 6.45) is 7.13. The Morgan fingerprint density at radius 3 is 2.75 bits per heavy atom. The van der Waals surface area contributed by atoms with Crippen LogP contribution in [0.1, 0.15) is 43.5 Å². The van der Waals surface area contributed by atoms with Crippen molar-refractivity contribution >= 4 is 0 Å². The number of aryl methyl sites for hydroxylation is 2. The van der Waals surface area contributed by atoms with E-state index in [-0.39, 0.29) is 0 Å². The van der Waals surface area contributed by atoms with Crippen LogP contribution in [0.3, 0.4) is 0 Å². The molecule has 1 aromatic heterocycles. The molecule has 1 fully saturated rings. The van der Waals surface area contributed by atoms with Crippen molar-refractivity contribution in [1.82, 2.24) is 15.1 Å². The van der Waals surface area contributed by atoms with Crippen LogP contribution in [0, 0.1) is 12.8 Å². The zero-order valence-corrected chi connectivity index (χ0v) is 10.5. The van der Waals surface area contributed by atoms with Crippen LogP contribution < -0.4 is 5.32 Å². The van der Waals surface area contributed by atoms with Crippen LogP contribution in [-0.4, -0.2) is 16.3 Å². The van der Waals surface area contributed by atoms with Gasteiger partial charge in [0, 0.05) is 13.6 Å². The summed E-state index contributed by atoms with van der Waals surface area (Å²) in [6.45, 7) is 4.17. The fourth-order valence-corrected chi connectivity index (χ4v) is 2.63. The molecule has 0 saturated heterocycles. The minimum absolute atomic E-state index is 0.906. The lowest BCUT2D eigenvalue weighted by atomic mass is 9.89. The highest BCUT2D eigenvalue weighted by Gasteiger charge is 2.12. The minimum atomic E-state index is 0.906. The smallest absolute Gasteiger partial charge is 0.0597 e. The van der Waals surface area contributed by atoms with Gasteiger partial charge in [-0.2, -0.15) is 5.10 Å². The predicted octanol–water partition coefficient (Wildman–Crippen LogP) is 2.40. The van der Waals surface area contributed by atoms with E-state index < -0.39 is 0 Å². The standard InChI is InChI=1S/C13H23N3/c1-11-8-13(16(2)15-11)10-14-9-12-6-4-3-5-7-12/h8,12,14H,3-7,9-10H2,1-2H3. The second kappa shape index (κ2) is 5.48. The van der Waals surface area contributed by atoms with Crippen LogP contribution >= 0.6 is 0 Å². The Morgan fingerprint density at radius 1 is 1.38 bits per heavy atom. The van der Waals surface area contributed by atoms with Crippen molar-refractivity contribution in [3.8, 4) is 0 Å². The number of rotatable bonds is 4. The van der Waals surface area contributed by atoms with Crippen molar-refractivity contribution in [3.05, 3.63) is 17.5 Å². The second-order valence-corrected chi connectivity index (χ2v) is 5.04. The van der Waals surface area contributed by atoms with Gasteiger partial charge in [0.05, 0.1) is 11.4 Å². The van der Waals surface area contributed by atoms with Gasteiger partial charge < -0.3 is 5.32 Å². The molecule has 0 aliphatic heterocycles. The Morgan fingerprint density at radius 2 is 2.12 bits per heavy atom. The molecule has 3 nitrogen and oxygen atoms in total. The van der Waals surface area contributed by atoms with Crippen LogP contribution in [0.5, 0.6) is 0 Å². The van der Waals surface area contributed by atoms with Gasteiger partial charge in [-0.15, -0.1) is 0 Å². The first-order valence-electron chi connectivity index (χ1n) is 6.46. The number of hydrogen-bond acceptors (Lipinski definition) is 2. The molecule has 0 aromatic carbocycles. The maximum absolute atomic E-state index is 4.35. The van der Waals surface area contributed by atoms with E-state index in [0.717, 1.165) is 18.2 Å². The zero-order chi connectivity index (χ0) is 11.4. The highest BCUT2D eigenvalue weighted by atomic mass is 15.3. The van der Waals surface area contributed by atoms with Crippen LogP contribution in [0.25, 0.3) is 0 Å². The first-order chi connectivity index (χ1) is 7.75. The molecule has 1 aliphatic rings. The average molecular weight is 221 g/mol. The predicted molar refractivity (Wildman–Crippen MR) is 66.2 cm³/mol. The van der Waals surface area contributed by atoms with Gasteiger partial charge >= 0.3 is 0 Å². The summed E-state index contributed by atoms with van der Waals surface area (Å²) in [5.41, 5.74) is 2.39. The van der Waals surface area contributed by atoms with Gasteiger partial charge in [0.25, 0.3) is 0 Å². The van der Waals surface area contributed by atoms with Crippen LogP contribution in [0.4, 0.5) is 0 Å². The van der Waals surface area contributed by atoms with E-state index in [9.17, 15) is 0 Å². The molecule has 1 heterocycles. The molecular weight excluding hydrogens is 198 g/mol. The molecule has 1 saturated carbocycles. The third-order valence-corrected chi connectivity index (χ3v) is 3.56. The SMILES string of the molecule is Cc1cc(CNCC2CCCCC2)n(C)n1. The summed E-state index contributed by atoms with van der Waals surface area (Å²) in [4.78, 5) is 0. The molecule has 0 unspecified atom stereocenters. The van der Waals surface area contributed by atoms with Crippen molar-refractivity contribution < 1.29 is 0 Å². The maximum atomic E-state index is 4.35. The molecule has 3 heteroatoms. The van der Waals surface area contributed by atoms with Gasteiger partial charge in [-0.25, -0.2) is 0 Å². The lowest BCUT2D eigenvalue weighted by molar-refractivity contribution is 0.340. The Balaban J connectivity index is 1.73. The fraction of sp³-hybridized carbons (Fsp3) is 0.769. The number of nitrogens with one attached hydrogen (secondary N) is 1. The van der Waals surface area contributed by atoms with E-state index >= 15 is 0 Å². The molecule has 2 rings (SSSR count). The molecule has 0 radical (unpaired) electrons. The summed E-state index contributed by atoms with van der Waals surface area (Å²) in [7, 11) is 2.02. The van der Waals surface area contributed by atoms with Gasteiger partial charge in [-0.1, -0.05) is 19.3 Å². The Labute approximate surface area is 98.2 Å². The summed E-state index contributed by atoms with van der Waals surface area (Å²) >= 11 is 0. The van der Waals surface area contributed by atoms with Gasteiger partial charge in [-0.05, 0) is 38.3 Å². The summed E-state index contributed by atoms with van der Waals surface area (Å²) in [5.74, 6) is 0.906. The molecule has 1 aliphatic carbocycles. The van der Waals surface area contributed by atoms with E-state index in [1.807, 2.05) is 18.7 Å². The first-order valence-corrected chi connectivity index (χ1v) is 6.46. The van der Waals surface area contributed by atoms with Gasteiger partial charge in [0.2, 0.25) is 0 Å². The Kier molecular flexibility index (Phi) is 3.99. The molecule has 16 heavy (non-hydrogen) atoms. The van der Waals surface area contributed by atoms with Crippen molar-refractivity contribution in [3.63, 3.8) is 0 Å². The largest absolute Gasteiger partial charge is 0.311 e. The van der Waals surface area contributed by atoms with Gasteiger partial charge in [0.1, 0.15) is 0 Å². The summed E-state index contributed by atoms with van der Waals surface area (Å²) < 4.78 is 1.98. The van der Waals surface area contributed by atoms with Gasteiger partial charge in [0.15, 0.2) is 0 Å². The number of aromatic nitrogens is 2. The molecular formula is C13H23N3. The molecule has 0 amide bonds. The topological polar surface area (TPSA) is 29.9 Å². The molecule has 0 atom stereocenters. The molecule has 0 spiro atoms. The highest BCUT2D eigenvalue weighted by molar-refractivity contribution is 5.08. The number of hydrogen-bond donors (Lipinski definition) is 1.